The Hall–Kier alpha value is -2.10. The second-order valence-electron chi connectivity index (χ2n) is 4.62. The fraction of sp³-hybridized carbons (Fsp3) is 0.474. The molecule has 1 saturated heterocycles. The van der Waals surface area contributed by atoms with E-state index in [0.717, 1.165) is 25.9 Å². The van der Waals surface area contributed by atoms with Crippen molar-refractivity contribution in [1.29, 1.82) is 0 Å². The van der Waals surface area contributed by atoms with Crippen molar-refractivity contribution >= 4 is 17.5 Å². The molecule has 0 spiro atoms. The lowest BCUT2D eigenvalue weighted by molar-refractivity contribution is -0.111. The second-order valence-corrected chi connectivity index (χ2v) is 4.62. The second kappa shape index (κ2) is 12.4. The lowest BCUT2D eigenvalue weighted by Gasteiger charge is -2.26. The molecule has 0 radical (unpaired) electrons. The van der Waals surface area contributed by atoms with Crippen molar-refractivity contribution in [2.75, 3.05) is 18.4 Å². The van der Waals surface area contributed by atoms with Gasteiger partial charge >= 0.3 is 0 Å². The van der Waals surface area contributed by atoms with Gasteiger partial charge in [-0.15, -0.1) is 0 Å². The molecule has 1 aromatic carbocycles. The highest BCUT2D eigenvalue weighted by Crippen LogP contribution is 2.15. The van der Waals surface area contributed by atoms with Crippen LogP contribution in [0, 0.1) is 0 Å². The number of hydrogen-bond acceptors (Lipinski definition) is 2. The van der Waals surface area contributed by atoms with Crippen LogP contribution in [0.4, 0.5) is 5.69 Å². The van der Waals surface area contributed by atoms with Gasteiger partial charge in [0.15, 0.2) is 0 Å². The minimum Gasteiger partial charge on any atom is -0.339 e. The lowest BCUT2D eigenvalue weighted by Crippen LogP contribution is -2.35. The third kappa shape index (κ3) is 7.13. The van der Waals surface area contributed by atoms with E-state index in [1.807, 2.05) is 32.6 Å². The van der Waals surface area contributed by atoms with Crippen molar-refractivity contribution in [3.63, 3.8) is 0 Å². The van der Waals surface area contributed by atoms with E-state index in [9.17, 15) is 9.59 Å². The molecule has 1 heterocycles. The van der Waals surface area contributed by atoms with Crippen molar-refractivity contribution in [1.82, 2.24) is 4.90 Å². The molecule has 1 N–H and O–H groups in total. The summed E-state index contributed by atoms with van der Waals surface area (Å²) in [4.78, 5) is 25.2. The van der Waals surface area contributed by atoms with Crippen LogP contribution in [0.15, 0.2) is 36.9 Å². The number of hydrogen-bond donors (Lipinski definition) is 1. The quantitative estimate of drug-likeness (QED) is 0.835. The van der Waals surface area contributed by atoms with Gasteiger partial charge in [0.25, 0.3) is 5.91 Å². The predicted molar refractivity (Wildman–Crippen MR) is 97.7 cm³/mol. The lowest BCUT2D eigenvalue weighted by atomic mass is 10.1. The Kier molecular flexibility index (Phi) is 11.3. The molecule has 23 heavy (non-hydrogen) atoms. The van der Waals surface area contributed by atoms with E-state index in [1.165, 1.54) is 12.5 Å². The Labute approximate surface area is 140 Å². The number of piperidine rings is 1. The smallest absolute Gasteiger partial charge is 0.253 e. The zero-order valence-electron chi connectivity index (χ0n) is 14.9. The summed E-state index contributed by atoms with van der Waals surface area (Å²) in [5.74, 6) is -0.184. The van der Waals surface area contributed by atoms with Crippen LogP contribution in [0.2, 0.25) is 0 Å². The summed E-state index contributed by atoms with van der Waals surface area (Å²) in [5.41, 5.74) is 1.33. The fourth-order valence-corrected chi connectivity index (χ4v) is 2.17. The van der Waals surface area contributed by atoms with Crippen LogP contribution in [0.25, 0.3) is 0 Å². The Morgan fingerprint density at radius 3 is 2.00 bits per heavy atom. The highest BCUT2D eigenvalue weighted by Gasteiger charge is 2.17. The summed E-state index contributed by atoms with van der Waals surface area (Å²) in [5, 5.41) is 2.66. The van der Waals surface area contributed by atoms with Gasteiger partial charge in [-0.3, -0.25) is 9.59 Å². The summed E-state index contributed by atoms with van der Waals surface area (Å²) >= 11 is 0. The Bertz CT molecular complexity index is 475. The molecule has 128 valence electrons. The van der Waals surface area contributed by atoms with Gasteiger partial charge in [-0.05, 0) is 49.6 Å². The minimum atomic E-state index is -0.255. The molecule has 1 fully saturated rings. The van der Waals surface area contributed by atoms with Gasteiger partial charge in [0.05, 0.1) is 0 Å². The number of nitrogens with one attached hydrogen (secondary N) is 1. The average molecular weight is 318 g/mol. The van der Waals surface area contributed by atoms with Crippen LogP contribution in [0.3, 0.4) is 0 Å². The molecule has 0 unspecified atom stereocenters. The molecule has 4 heteroatoms. The molecule has 2 rings (SSSR count). The van der Waals surface area contributed by atoms with Crippen molar-refractivity contribution in [2.24, 2.45) is 0 Å². The van der Waals surface area contributed by atoms with Gasteiger partial charge in [-0.2, -0.15) is 0 Å². The maximum atomic E-state index is 12.2. The van der Waals surface area contributed by atoms with Crippen molar-refractivity contribution in [2.45, 2.75) is 47.0 Å². The van der Waals surface area contributed by atoms with Gasteiger partial charge in [0.1, 0.15) is 0 Å². The SMILES string of the molecule is C=CC(=O)Nc1ccc(C(=O)N2CCCCC2)cc1.CC.CC. The molecule has 0 atom stereocenters. The first-order chi connectivity index (χ1) is 11.2. The summed E-state index contributed by atoms with van der Waals surface area (Å²) in [6.45, 7) is 13.1. The average Bonchev–Trinajstić information content (AvgIpc) is 2.65. The first kappa shape index (κ1) is 20.9. The molecule has 0 aromatic heterocycles. The number of nitrogens with zero attached hydrogens (tertiary/aromatic N) is 1. The topological polar surface area (TPSA) is 49.4 Å². The fourth-order valence-electron chi connectivity index (χ4n) is 2.17. The van der Waals surface area contributed by atoms with Gasteiger partial charge in [0, 0.05) is 24.3 Å². The summed E-state index contributed by atoms with van der Waals surface area (Å²) in [6, 6.07) is 6.96. The molecule has 1 aliphatic heterocycles. The van der Waals surface area contributed by atoms with E-state index >= 15 is 0 Å². The minimum absolute atomic E-state index is 0.0706. The Morgan fingerprint density at radius 2 is 1.52 bits per heavy atom. The molecule has 1 aromatic rings. The van der Waals surface area contributed by atoms with E-state index in [-0.39, 0.29) is 11.8 Å². The van der Waals surface area contributed by atoms with Gasteiger partial charge in [-0.25, -0.2) is 0 Å². The number of carbonyl (C=O) groups is 2. The number of carbonyl (C=O) groups excluding carboxylic acids is 2. The molecular formula is C19H30N2O2. The van der Waals surface area contributed by atoms with E-state index in [4.69, 9.17) is 0 Å². The van der Waals surface area contributed by atoms with E-state index < -0.39 is 0 Å². The first-order valence-corrected chi connectivity index (χ1v) is 8.53. The first-order valence-electron chi connectivity index (χ1n) is 8.53. The zero-order valence-corrected chi connectivity index (χ0v) is 14.9. The standard InChI is InChI=1S/C15H18N2O2.2C2H6/c1-2-14(18)16-13-8-6-12(7-9-13)15(19)17-10-4-3-5-11-17;2*1-2/h2,6-9H,1,3-5,10-11H2,(H,16,18);2*1-2H3. The maximum absolute atomic E-state index is 12.2. The van der Waals surface area contributed by atoms with Crippen LogP contribution >= 0.6 is 0 Å². The van der Waals surface area contributed by atoms with Gasteiger partial charge in [0.2, 0.25) is 5.91 Å². The van der Waals surface area contributed by atoms with Crippen molar-refractivity contribution in [3.05, 3.63) is 42.5 Å². The van der Waals surface area contributed by atoms with E-state index in [0.29, 0.717) is 11.3 Å². The molecule has 2 amide bonds. The summed E-state index contributed by atoms with van der Waals surface area (Å²) in [7, 11) is 0. The zero-order chi connectivity index (χ0) is 17.7. The van der Waals surface area contributed by atoms with Crippen molar-refractivity contribution < 1.29 is 9.59 Å². The van der Waals surface area contributed by atoms with Crippen LogP contribution in [0.1, 0.15) is 57.3 Å². The Morgan fingerprint density at radius 1 is 1.00 bits per heavy atom. The van der Waals surface area contributed by atoms with Crippen molar-refractivity contribution in [3.8, 4) is 0 Å². The Balaban J connectivity index is 0.00000112. The van der Waals surface area contributed by atoms with Crippen LogP contribution in [0.5, 0.6) is 0 Å². The summed E-state index contributed by atoms with van der Waals surface area (Å²) in [6.07, 6.45) is 4.58. The molecule has 0 bridgehead atoms. The molecular weight excluding hydrogens is 288 g/mol. The van der Waals surface area contributed by atoms with Gasteiger partial charge < -0.3 is 10.2 Å². The third-order valence-corrected chi connectivity index (χ3v) is 3.23. The van der Waals surface area contributed by atoms with E-state index in [1.54, 1.807) is 24.3 Å². The predicted octanol–water partition coefficient (Wildman–Crippen LogP) is 4.49. The third-order valence-electron chi connectivity index (χ3n) is 3.23. The van der Waals surface area contributed by atoms with E-state index in [2.05, 4.69) is 11.9 Å². The monoisotopic (exact) mass is 318 g/mol. The highest BCUT2D eigenvalue weighted by atomic mass is 16.2. The largest absolute Gasteiger partial charge is 0.339 e. The molecule has 4 nitrogen and oxygen atoms in total. The van der Waals surface area contributed by atoms with Crippen LogP contribution in [-0.2, 0) is 4.79 Å². The van der Waals surface area contributed by atoms with Crippen LogP contribution < -0.4 is 5.32 Å². The normalized spacial score (nSPS) is 12.8. The number of likely N-dealkylation sites (tertiary alicyclic amines) is 1. The van der Waals surface area contributed by atoms with Gasteiger partial charge in [-0.1, -0.05) is 34.3 Å². The number of anilines is 1. The number of amides is 2. The maximum Gasteiger partial charge on any atom is 0.253 e. The molecule has 0 aliphatic carbocycles. The molecule has 0 saturated carbocycles. The van der Waals surface area contributed by atoms with Crippen LogP contribution in [-0.4, -0.2) is 29.8 Å². The number of rotatable bonds is 3. The molecule has 1 aliphatic rings. The number of benzene rings is 1. The summed E-state index contributed by atoms with van der Waals surface area (Å²) < 4.78 is 0. The highest BCUT2D eigenvalue weighted by molar-refractivity contribution is 5.99.